The van der Waals surface area contributed by atoms with E-state index in [1.807, 2.05) is 0 Å². The number of hydrogen-bond acceptors (Lipinski definition) is 1. The maximum absolute atomic E-state index is 5.70. The SMILES string of the molecule is CCC(N)=NC1CCCC(C)C1. The summed E-state index contributed by atoms with van der Waals surface area (Å²) in [5.74, 6) is 1.67. The molecule has 0 amide bonds. The maximum atomic E-state index is 5.70. The van der Waals surface area contributed by atoms with Gasteiger partial charge in [-0.05, 0) is 18.8 Å². The van der Waals surface area contributed by atoms with Gasteiger partial charge >= 0.3 is 0 Å². The van der Waals surface area contributed by atoms with E-state index in [4.69, 9.17) is 5.73 Å². The van der Waals surface area contributed by atoms with Crippen LogP contribution in [0.1, 0.15) is 46.0 Å². The van der Waals surface area contributed by atoms with Crippen LogP contribution in [-0.2, 0) is 0 Å². The summed E-state index contributed by atoms with van der Waals surface area (Å²) in [5, 5.41) is 0. The summed E-state index contributed by atoms with van der Waals surface area (Å²) in [6.45, 7) is 4.37. The summed E-state index contributed by atoms with van der Waals surface area (Å²) in [6, 6.07) is 0.522. The van der Waals surface area contributed by atoms with Gasteiger partial charge in [-0.3, -0.25) is 4.99 Å². The van der Waals surface area contributed by atoms with E-state index in [2.05, 4.69) is 18.8 Å². The minimum atomic E-state index is 0.522. The molecule has 2 nitrogen and oxygen atoms in total. The molecule has 2 unspecified atom stereocenters. The number of aliphatic imine (C=N–C) groups is 1. The third kappa shape index (κ3) is 2.84. The standard InChI is InChI=1S/C10H20N2/c1-3-10(11)12-9-6-4-5-8(2)7-9/h8-9H,3-7H2,1-2H3,(H2,11,12). The molecule has 0 aromatic carbocycles. The van der Waals surface area contributed by atoms with E-state index in [9.17, 15) is 0 Å². The molecule has 1 aliphatic rings. The molecule has 0 aromatic rings. The lowest BCUT2D eigenvalue weighted by atomic mass is 9.87. The van der Waals surface area contributed by atoms with Gasteiger partial charge in [0.2, 0.25) is 0 Å². The molecule has 0 bridgehead atoms. The summed E-state index contributed by atoms with van der Waals surface area (Å²) >= 11 is 0. The van der Waals surface area contributed by atoms with E-state index in [0.29, 0.717) is 6.04 Å². The molecular weight excluding hydrogens is 148 g/mol. The highest BCUT2D eigenvalue weighted by Gasteiger charge is 2.17. The Morgan fingerprint density at radius 3 is 2.83 bits per heavy atom. The molecule has 2 heteroatoms. The number of rotatable bonds is 2. The van der Waals surface area contributed by atoms with Crippen molar-refractivity contribution in [1.82, 2.24) is 0 Å². The fourth-order valence-corrected chi connectivity index (χ4v) is 1.85. The van der Waals surface area contributed by atoms with Gasteiger partial charge in [0.05, 0.1) is 11.9 Å². The normalized spacial score (nSPS) is 32.0. The van der Waals surface area contributed by atoms with Crippen molar-refractivity contribution in [3.63, 3.8) is 0 Å². The van der Waals surface area contributed by atoms with Crippen molar-refractivity contribution in [1.29, 1.82) is 0 Å². The topological polar surface area (TPSA) is 38.4 Å². The Hall–Kier alpha value is -0.530. The summed E-state index contributed by atoms with van der Waals surface area (Å²) < 4.78 is 0. The van der Waals surface area contributed by atoms with Crippen molar-refractivity contribution >= 4 is 5.84 Å². The zero-order valence-electron chi connectivity index (χ0n) is 8.21. The summed E-state index contributed by atoms with van der Waals surface area (Å²) in [5.41, 5.74) is 5.70. The van der Waals surface area contributed by atoms with Gasteiger partial charge < -0.3 is 5.73 Å². The second kappa shape index (κ2) is 4.48. The average molecular weight is 168 g/mol. The van der Waals surface area contributed by atoms with Crippen LogP contribution in [0.5, 0.6) is 0 Å². The lowest BCUT2D eigenvalue weighted by molar-refractivity contribution is 0.345. The molecule has 12 heavy (non-hydrogen) atoms. The molecule has 1 fully saturated rings. The zero-order chi connectivity index (χ0) is 8.97. The number of amidine groups is 1. The van der Waals surface area contributed by atoms with Gasteiger partial charge in [-0.15, -0.1) is 0 Å². The molecule has 0 aliphatic heterocycles. The molecule has 0 heterocycles. The van der Waals surface area contributed by atoms with Crippen molar-refractivity contribution in [2.24, 2.45) is 16.6 Å². The van der Waals surface area contributed by atoms with Crippen LogP contribution in [0, 0.1) is 5.92 Å². The predicted octanol–water partition coefficient (Wildman–Crippen LogP) is 2.33. The van der Waals surface area contributed by atoms with Crippen molar-refractivity contribution in [2.75, 3.05) is 0 Å². The van der Waals surface area contributed by atoms with Crippen LogP contribution in [0.25, 0.3) is 0 Å². The average Bonchev–Trinajstić information content (AvgIpc) is 2.04. The third-order valence-electron chi connectivity index (χ3n) is 2.62. The quantitative estimate of drug-likeness (QED) is 0.499. The lowest BCUT2D eigenvalue weighted by Crippen LogP contribution is -2.21. The van der Waals surface area contributed by atoms with Crippen molar-refractivity contribution in [3.8, 4) is 0 Å². The van der Waals surface area contributed by atoms with Crippen LogP contribution in [-0.4, -0.2) is 11.9 Å². The molecule has 1 aliphatic carbocycles. The number of hydrogen-bond donors (Lipinski definition) is 1. The second-order valence-corrected chi connectivity index (χ2v) is 3.90. The Bertz CT molecular complexity index is 163. The Morgan fingerprint density at radius 1 is 1.50 bits per heavy atom. The molecule has 0 spiro atoms. The fourth-order valence-electron chi connectivity index (χ4n) is 1.85. The second-order valence-electron chi connectivity index (χ2n) is 3.90. The molecule has 0 saturated heterocycles. The molecule has 2 N–H and O–H groups in total. The van der Waals surface area contributed by atoms with Gasteiger partial charge in [0.1, 0.15) is 0 Å². The largest absolute Gasteiger partial charge is 0.387 e. The Balaban J connectivity index is 2.41. The van der Waals surface area contributed by atoms with Gasteiger partial charge in [-0.2, -0.15) is 0 Å². The van der Waals surface area contributed by atoms with Crippen LogP contribution in [0.4, 0.5) is 0 Å². The van der Waals surface area contributed by atoms with Crippen molar-refractivity contribution in [3.05, 3.63) is 0 Å². The minimum Gasteiger partial charge on any atom is -0.387 e. The number of nitrogens with zero attached hydrogens (tertiary/aromatic N) is 1. The molecule has 1 rings (SSSR count). The smallest absolute Gasteiger partial charge is 0.0937 e. The molecule has 0 radical (unpaired) electrons. The van der Waals surface area contributed by atoms with Crippen LogP contribution in [0.3, 0.4) is 0 Å². The van der Waals surface area contributed by atoms with Gasteiger partial charge in [0.15, 0.2) is 0 Å². The van der Waals surface area contributed by atoms with Gasteiger partial charge in [0.25, 0.3) is 0 Å². The van der Waals surface area contributed by atoms with Crippen LogP contribution in [0.15, 0.2) is 4.99 Å². The third-order valence-corrected chi connectivity index (χ3v) is 2.62. The van der Waals surface area contributed by atoms with Gasteiger partial charge in [0, 0.05) is 6.42 Å². The molecular formula is C10H20N2. The van der Waals surface area contributed by atoms with Crippen LogP contribution in [0.2, 0.25) is 0 Å². The molecule has 0 aromatic heterocycles. The predicted molar refractivity (Wildman–Crippen MR) is 53.3 cm³/mol. The van der Waals surface area contributed by atoms with E-state index >= 15 is 0 Å². The zero-order valence-corrected chi connectivity index (χ0v) is 8.21. The Kier molecular flexibility index (Phi) is 3.57. The molecule has 2 atom stereocenters. The minimum absolute atomic E-state index is 0.522. The molecule has 70 valence electrons. The first-order valence-corrected chi connectivity index (χ1v) is 5.04. The van der Waals surface area contributed by atoms with E-state index < -0.39 is 0 Å². The van der Waals surface area contributed by atoms with Gasteiger partial charge in [-0.1, -0.05) is 26.7 Å². The van der Waals surface area contributed by atoms with Crippen molar-refractivity contribution < 1.29 is 0 Å². The van der Waals surface area contributed by atoms with E-state index in [-0.39, 0.29) is 0 Å². The first-order chi connectivity index (χ1) is 5.72. The Morgan fingerprint density at radius 2 is 2.25 bits per heavy atom. The van der Waals surface area contributed by atoms with Crippen LogP contribution < -0.4 is 5.73 Å². The Labute approximate surface area is 75.3 Å². The lowest BCUT2D eigenvalue weighted by Gasteiger charge is -2.23. The molecule has 1 saturated carbocycles. The van der Waals surface area contributed by atoms with E-state index in [1.165, 1.54) is 25.7 Å². The highest BCUT2D eigenvalue weighted by atomic mass is 14.9. The summed E-state index contributed by atoms with van der Waals surface area (Å²) in [7, 11) is 0. The highest BCUT2D eigenvalue weighted by Crippen LogP contribution is 2.25. The maximum Gasteiger partial charge on any atom is 0.0937 e. The van der Waals surface area contributed by atoms with Crippen molar-refractivity contribution in [2.45, 2.75) is 52.0 Å². The monoisotopic (exact) mass is 168 g/mol. The van der Waals surface area contributed by atoms with E-state index in [1.54, 1.807) is 0 Å². The van der Waals surface area contributed by atoms with Gasteiger partial charge in [-0.25, -0.2) is 0 Å². The van der Waals surface area contributed by atoms with E-state index in [0.717, 1.165) is 18.2 Å². The summed E-state index contributed by atoms with van der Waals surface area (Å²) in [4.78, 5) is 4.50. The fraction of sp³-hybridized carbons (Fsp3) is 0.900. The first kappa shape index (κ1) is 9.56. The first-order valence-electron chi connectivity index (χ1n) is 5.04. The highest BCUT2D eigenvalue weighted by molar-refractivity contribution is 5.80. The summed E-state index contributed by atoms with van der Waals surface area (Å²) in [6.07, 6.45) is 6.07. The number of nitrogens with two attached hydrogens (primary N) is 1. The van der Waals surface area contributed by atoms with Crippen LogP contribution >= 0.6 is 0 Å².